The van der Waals surface area contributed by atoms with E-state index in [0.29, 0.717) is 4.48 Å². The maximum absolute atomic E-state index is 12.6. The minimum absolute atomic E-state index is 0.0781. The maximum Gasteiger partial charge on any atom is 0.330 e. The summed E-state index contributed by atoms with van der Waals surface area (Å²) < 4.78 is 19.2. The summed E-state index contributed by atoms with van der Waals surface area (Å²) in [7, 11) is 0. The molecule has 2 rings (SSSR count). The number of aromatic nitrogens is 2. The van der Waals surface area contributed by atoms with Crippen LogP contribution in [0.1, 0.15) is 18.2 Å². The number of aliphatic hydroxyl groups is 1. The standard InChI is InChI=1S/C11H12BrFN2O4/c1-5(12)6-4-15(11(18)14-10(6)17)9-2-7(16)8(3-13)19-9/h4,7-9,16H,1-3H2,(H,14,17,18)/t7-,8+,9+/m0/s1. The van der Waals surface area contributed by atoms with E-state index >= 15 is 0 Å². The summed E-state index contributed by atoms with van der Waals surface area (Å²) in [6.45, 7) is 2.72. The average molecular weight is 335 g/mol. The van der Waals surface area contributed by atoms with Gasteiger partial charge in [-0.15, -0.1) is 0 Å². The molecule has 0 amide bonds. The molecule has 0 bridgehead atoms. The van der Waals surface area contributed by atoms with Crippen LogP contribution < -0.4 is 11.2 Å². The van der Waals surface area contributed by atoms with E-state index in [-0.39, 0.29) is 12.0 Å². The highest BCUT2D eigenvalue weighted by atomic mass is 79.9. The Hall–Kier alpha value is -1.25. The Labute approximate surface area is 115 Å². The first-order valence-corrected chi connectivity index (χ1v) is 6.33. The molecule has 8 heteroatoms. The monoisotopic (exact) mass is 334 g/mol. The number of ether oxygens (including phenoxy) is 1. The van der Waals surface area contributed by atoms with Crippen LogP contribution >= 0.6 is 15.9 Å². The molecular weight excluding hydrogens is 323 g/mol. The van der Waals surface area contributed by atoms with Crippen molar-refractivity contribution < 1.29 is 14.2 Å². The first kappa shape index (κ1) is 14.2. The summed E-state index contributed by atoms with van der Waals surface area (Å²) in [4.78, 5) is 25.4. The number of rotatable bonds is 3. The largest absolute Gasteiger partial charge is 0.390 e. The van der Waals surface area contributed by atoms with Crippen molar-refractivity contribution in [2.24, 2.45) is 0 Å². The molecule has 1 aliphatic rings. The topological polar surface area (TPSA) is 84.3 Å². The third-order valence-electron chi connectivity index (χ3n) is 2.93. The number of alkyl halides is 1. The lowest BCUT2D eigenvalue weighted by atomic mass is 10.2. The number of hydrogen-bond donors (Lipinski definition) is 2. The van der Waals surface area contributed by atoms with Crippen molar-refractivity contribution >= 4 is 20.4 Å². The van der Waals surface area contributed by atoms with E-state index in [4.69, 9.17) is 4.74 Å². The number of halogens is 2. The Bertz CT molecular complexity index is 611. The zero-order chi connectivity index (χ0) is 14.2. The van der Waals surface area contributed by atoms with Crippen molar-refractivity contribution in [3.8, 4) is 0 Å². The third-order valence-corrected chi connectivity index (χ3v) is 3.35. The summed E-state index contributed by atoms with van der Waals surface area (Å²) >= 11 is 3.06. The molecule has 1 fully saturated rings. The molecule has 1 aliphatic heterocycles. The van der Waals surface area contributed by atoms with Gasteiger partial charge in [-0.25, -0.2) is 9.18 Å². The predicted molar refractivity (Wildman–Crippen MR) is 69.8 cm³/mol. The highest BCUT2D eigenvalue weighted by molar-refractivity contribution is 9.15. The van der Waals surface area contributed by atoms with E-state index in [1.807, 2.05) is 0 Å². The zero-order valence-electron chi connectivity index (χ0n) is 9.81. The second kappa shape index (κ2) is 5.40. The van der Waals surface area contributed by atoms with E-state index < -0.39 is 36.4 Å². The Morgan fingerprint density at radius 2 is 2.37 bits per heavy atom. The number of H-pyrrole nitrogens is 1. The summed E-state index contributed by atoms with van der Waals surface area (Å²) in [6, 6.07) is 0. The minimum Gasteiger partial charge on any atom is -0.390 e. The first-order chi connectivity index (χ1) is 8.93. The van der Waals surface area contributed by atoms with Crippen LogP contribution in [0, 0.1) is 0 Å². The second-order valence-corrected chi connectivity index (χ2v) is 5.16. The molecule has 19 heavy (non-hydrogen) atoms. The SMILES string of the molecule is C=C(Br)c1cn([C@H]2C[C@H](O)[C@@H](CF)O2)c(=O)[nH]c1=O. The van der Waals surface area contributed by atoms with Crippen LogP contribution in [0.4, 0.5) is 4.39 Å². The van der Waals surface area contributed by atoms with Crippen molar-refractivity contribution in [1.29, 1.82) is 0 Å². The number of nitrogens with zero attached hydrogens (tertiary/aromatic N) is 1. The van der Waals surface area contributed by atoms with Gasteiger partial charge in [0.15, 0.2) is 0 Å². The van der Waals surface area contributed by atoms with Gasteiger partial charge in [-0.3, -0.25) is 14.3 Å². The Balaban J connectivity index is 2.41. The fourth-order valence-electron chi connectivity index (χ4n) is 1.92. The lowest BCUT2D eigenvalue weighted by Gasteiger charge is -2.14. The lowest BCUT2D eigenvalue weighted by Crippen LogP contribution is -2.33. The van der Waals surface area contributed by atoms with E-state index in [1.165, 1.54) is 6.20 Å². The van der Waals surface area contributed by atoms with Gasteiger partial charge < -0.3 is 9.84 Å². The van der Waals surface area contributed by atoms with Gasteiger partial charge in [0.1, 0.15) is 19.0 Å². The van der Waals surface area contributed by atoms with Crippen LogP contribution in [0.3, 0.4) is 0 Å². The van der Waals surface area contributed by atoms with Crippen LogP contribution in [0.25, 0.3) is 4.48 Å². The molecule has 1 aromatic rings. The number of hydrogen-bond acceptors (Lipinski definition) is 4. The minimum atomic E-state index is -0.982. The summed E-state index contributed by atoms with van der Waals surface area (Å²) in [5, 5.41) is 9.57. The molecule has 1 saturated heterocycles. The average Bonchev–Trinajstić information content (AvgIpc) is 2.69. The van der Waals surface area contributed by atoms with Gasteiger partial charge >= 0.3 is 5.69 Å². The van der Waals surface area contributed by atoms with Gasteiger partial charge in [0, 0.05) is 17.1 Å². The molecular formula is C11H12BrFN2O4. The van der Waals surface area contributed by atoms with Gasteiger partial charge in [0.05, 0.1) is 11.7 Å². The fourth-order valence-corrected chi connectivity index (χ4v) is 2.20. The molecule has 0 radical (unpaired) electrons. The van der Waals surface area contributed by atoms with Crippen molar-refractivity contribution in [1.82, 2.24) is 9.55 Å². The summed E-state index contributed by atoms with van der Waals surface area (Å²) in [5.74, 6) is 0. The van der Waals surface area contributed by atoms with Gasteiger partial charge in [-0.05, 0) is 0 Å². The molecule has 0 unspecified atom stereocenters. The van der Waals surface area contributed by atoms with E-state index in [9.17, 15) is 19.1 Å². The van der Waals surface area contributed by atoms with E-state index in [1.54, 1.807) is 0 Å². The van der Waals surface area contributed by atoms with E-state index in [0.717, 1.165) is 4.57 Å². The van der Waals surface area contributed by atoms with Gasteiger partial charge in [0.25, 0.3) is 5.56 Å². The zero-order valence-corrected chi connectivity index (χ0v) is 11.4. The summed E-state index contributed by atoms with van der Waals surface area (Å²) in [5.41, 5.74) is -1.09. The maximum atomic E-state index is 12.6. The van der Waals surface area contributed by atoms with Crippen molar-refractivity contribution in [3.63, 3.8) is 0 Å². The highest BCUT2D eigenvalue weighted by Crippen LogP contribution is 2.28. The molecule has 2 heterocycles. The van der Waals surface area contributed by atoms with Gasteiger partial charge in [-0.2, -0.15) is 0 Å². The fraction of sp³-hybridized carbons (Fsp3) is 0.455. The first-order valence-electron chi connectivity index (χ1n) is 5.53. The van der Waals surface area contributed by atoms with Crippen LogP contribution in [-0.2, 0) is 4.74 Å². The lowest BCUT2D eigenvalue weighted by molar-refractivity contribution is -0.0311. The third kappa shape index (κ3) is 2.70. The number of aliphatic hydroxyl groups excluding tert-OH is 1. The second-order valence-electron chi connectivity index (χ2n) is 4.20. The normalized spacial score (nSPS) is 26.6. The quantitative estimate of drug-likeness (QED) is 0.844. The van der Waals surface area contributed by atoms with Crippen molar-refractivity contribution in [2.75, 3.05) is 6.67 Å². The summed E-state index contributed by atoms with van der Waals surface area (Å²) in [6.07, 6.45) is -1.40. The highest BCUT2D eigenvalue weighted by Gasteiger charge is 2.35. The smallest absolute Gasteiger partial charge is 0.330 e. The van der Waals surface area contributed by atoms with E-state index in [2.05, 4.69) is 27.5 Å². The predicted octanol–water partition coefficient (Wildman–Crippen LogP) is 0.520. The molecule has 3 atom stereocenters. The molecule has 0 aromatic carbocycles. The Morgan fingerprint density at radius 3 is 2.89 bits per heavy atom. The van der Waals surface area contributed by atoms with Crippen LogP contribution in [0.2, 0.25) is 0 Å². The van der Waals surface area contributed by atoms with Crippen molar-refractivity contribution in [2.45, 2.75) is 24.9 Å². The molecule has 2 N–H and O–H groups in total. The van der Waals surface area contributed by atoms with Crippen LogP contribution in [0.5, 0.6) is 0 Å². The molecule has 6 nitrogen and oxygen atoms in total. The van der Waals surface area contributed by atoms with Crippen LogP contribution in [-0.4, -0.2) is 33.5 Å². The molecule has 104 valence electrons. The molecule has 0 aliphatic carbocycles. The molecule has 0 spiro atoms. The molecule has 0 saturated carbocycles. The number of aromatic amines is 1. The molecule has 1 aromatic heterocycles. The van der Waals surface area contributed by atoms with Gasteiger partial charge in [-0.1, -0.05) is 22.5 Å². The van der Waals surface area contributed by atoms with Crippen molar-refractivity contribution in [3.05, 3.63) is 39.2 Å². The van der Waals surface area contributed by atoms with Gasteiger partial charge in [0.2, 0.25) is 0 Å². The Kier molecular flexibility index (Phi) is 4.02. The Morgan fingerprint density at radius 1 is 1.68 bits per heavy atom. The number of nitrogens with one attached hydrogen (secondary N) is 1. The van der Waals surface area contributed by atoms with Crippen LogP contribution in [0.15, 0.2) is 22.4 Å².